The molecule has 204 valence electrons. The van der Waals surface area contributed by atoms with Crippen molar-refractivity contribution in [1.82, 2.24) is 10.3 Å². The van der Waals surface area contributed by atoms with Gasteiger partial charge in [0.15, 0.2) is 0 Å². The highest BCUT2D eigenvalue weighted by molar-refractivity contribution is 7.80. The van der Waals surface area contributed by atoms with E-state index in [-0.39, 0.29) is 30.6 Å². The minimum Gasteiger partial charge on any atom is -0.755 e. The molecule has 12 heteroatoms. The van der Waals surface area contributed by atoms with Gasteiger partial charge in [-0.2, -0.15) is 13.2 Å². The summed E-state index contributed by atoms with van der Waals surface area (Å²) in [7, 11) is 1.18. The molecule has 1 fully saturated rings. The average Bonchev–Trinajstić information content (AvgIpc) is 2.85. The van der Waals surface area contributed by atoms with E-state index < -0.39 is 40.8 Å². The van der Waals surface area contributed by atoms with Crippen LogP contribution in [0.1, 0.15) is 62.3 Å². The lowest BCUT2D eigenvalue weighted by Gasteiger charge is -2.26. The molecule has 0 saturated heterocycles. The highest BCUT2D eigenvalue weighted by Crippen LogP contribution is 2.32. The monoisotopic (exact) mass is 544 g/mol. The summed E-state index contributed by atoms with van der Waals surface area (Å²) in [5.74, 6) is -1.46. The zero-order chi connectivity index (χ0) is 27.3. The van der Waals surface area contributed by atoms with Crippen LogP contribution >= 0.6 is 0 Å². The molecule has 1 aliphatic rings. The molecule has 0 radical (unpaired) electrons. The van der Waals surface area contributed by atoms with Gasteiger partial charge in [-0.15, -0.1) is 0 Å². The van der Waals surface area contributed by atoms with Gasteiger partial charge < -0.3 is 18.9 Å². The number of anilines is 1. The molecule has 1 saturated carbocycles. The van der Waals surface area contributed by atoms with Crippen molar-refractivity contribution in [3.63, 3.8) is 0 Å². The van der Waals surface area contributed by atoms with Gasteiger partial charge in [-0.1, -0.05) is 25.8 Å². The first-order valence-corrected chi connectivity index (χ1v) is 13.0. The predicted octanol–water partition coefficient (Wildman–Crippen LogP) is 5.09. The van der Waals surface area contributed by atoms with E-state index in [4.69, 9.17) is 4.74 Å². The van der Waals surface area contributed by atoms with Crippen LogP contribution in [0.5, 0.6) is 5.88 Å². The number of rotatable bonds is 9. The fourth-order valence-corrected chi connectivity index (χ4v) is 4.50. The number of amides is 1. The average molecular weight is 545 g/mol. The third-order valence-electron chi connectivity index (χ3n) is 6.70. The van der Waals surface area contributed by atoms with Gasteiger partial charge in [-0.3, -0.25) is 9.00 Å². The fraction of sp³-hybridized carbons (Fsp3) is 0.520. The lowest BCUT2D eigenvalue weighted by Crippen LogP contribution is -2.28. The summed E-state index contributed by atoms with van der Waals surface area (Å²) < 4.78 is 82.7. The number of hydrogen-bond acceptors (Lipinski definition) is 5. The number of ether oxygens (including phenoxy) is 1. The molecule has 2 aromatic rings. The van der Waals surface area contributed by atoms with Crippen LogP contribution in [0, 0.1) is 17.7 Å². The molecular formula is C25H30F4N3O4S-. The van der Waals surface area contributed by atoms with Crippen LogP contribution in [0.4, 0.5) is 23.2 Å². The summed E-state index contributed by atoms with van der Waals surface area (Å²) in [6, 6.07) is 5.83. The molecule has 2 atom stereocenters. The van der Waals surface area contributed by atoms with E-state index in [1.807, 2.05) is 0 Å². The van der Waals surface area contributed by atoms with Gasteiger partial charge in [0, 0.05) is 30.4 Å². The van der Waals surface area contributed by atoms with Crippen molar-refractivity contribution in [2.24, 2.45) is 11.8 Å². The number of nitrogens with zero attached hydrogens (tertiary/aromatic N) is 2. The Labute approximate surface area is 216 Å². The van der Waals surface area contributed by atoms with Crippen molar-refractivity contribution in [2.75, 3.05) is 18.0 Å². The molecule has 0 bridgehead atoms. The van der Waals surface area contributed by atoms with Crippen molar-refractivity contribution in [3.8, 4) is 5.88 Å². The van der Waals surface area contributed by atoms with Crippen molar-refractivity contribution in [1.29, 1.82) is 0 Å². The summed E-state index contributed by atoms with van der Waals surface area (Å²) in [5.41, 5.74) is -0.659. The zero-order valence-electron chi connectivity index (χ0n) is 20.8. The number of alkyl halides is 3. The molecule has 3 rings (SSSR count). The van der Waals surface area contributed by atoms with Crippen molar-refractivity contribution < 1.29 is 35.9 Å². The molecule has 1 heterocycles. The topological polar surface area (TPSA) is 94.6 Å². The SMILES string of the molecule is CC1CCC(COc2nc(C(F)(F)F)ccc2CNC(=O)C(C)c2ccc(N(C)S(=O)[O-])c(F)c2)CC1. The number of pyridine rings is 1. The van der Waals surface area contributed by atoms with E-state index in [1.54, 1.807) is 0 Å². The molecule has 7 nitrogen and oxygen atoms in total. The van der Waals surface area contributed by atoms with Gasteiger partial charge in [0.05, 0.1) is 18.2 Å². The number of carbonyl (C=O) groups excluding carboxylic acids is 1. The van der Waals surface area contributed by atoms with Crippen LogP contribution in [0.25, 0.3) is 0 Å². The van der Waals surface area contributed by atoms with Gasteiger partial charge in [0.25, 0.3) is 0 Å². The first-order chi connectivity index (χ1) is 17.4. The predicted molar refractivity (Wildman–Crippen MR) is 130 cm³/mol. The molecule has 0 spiro atoms. The maximum atomic E-state index is 14.4. The molecule has 1 N–H and O–H groups in total. The molecule has 1 aromatic heterocycles. The van der Waals surface area contributed by atoms with Gasteiger partial charge in [0.2, 0.25) is 11.8 Å². The number of halogens is 4. The smallest absolute Gasteiger partial charge is 0.433 e. The second-order valence-electron chi connectivity index (χ2n) is 9.46. The number of nitrogens with one attached hydrogen (secondary N) is 1. The zero-order valence-corrected chi connectivity index (χ0v) is 21.6. The van der Waals surface area contributed by atoms with Crippen LogP contribution in [0.15, 0.2) is 30.3 Å². The maximum Gasteiger partial charge on any atom is 0.433 e. The highest BCUT2D eigenvalue weighted by atomic mass is 32.2. The largest absolute Gasteiger partial charge is 0.755 e. The van der Waals surface area contributed by atoms with Crippen molar-refractivity contribution in [2.45, 2.75) is 58.2 Å². The molecule has 0 aliphatic heterocycles. The Bertz CT molecular complexity index is 1120. The van der Waals surface area contributed by atoms with E-state index in [1.165, 1.54) is 32.2 Å². The second kappa shape index (κ2) is 12.2. The van der Waals surface area contributed by atoms with E-state index in [2.05, 4.69) is 17.2 Å². The summed E-state index contributed by atoms with van der Waals surface area (Å²) >= 11 is -2.66. The van der Waals surface area contributed by atoms with Crippen LogP contribution < -0.4 is 14.4 Å². The summed E-state index contributed by atoms with van der Waals surface area (Å²) in [4.78, 5) is 16.4. The number of benzene rings is 1. The van der Waals surface area contributed by atoms with Crippen molar-refractivity contribution in [3.05, 3.63) is 53.0 Å². The fourth-order valence-electron chi connectivity index (χ4n) is 4.19. The van der Waals surface area contributed by atoms with E-state index in [0.29, 0.717) is 17.0 Å². The van der Waals surface area contributed by atoms with Gasteiger partial charge in [0.1, 0.15) is 11.5 Å². The molecule has 37 heavy (non-hydrogen) atoms. The normalized spacial score (nSPS) is 19.7. The summed E-state index contributed by atoms with van der Waals surface area (Å²) in [6.45, 7) is 3.81. The lowest BCUT2D eigenvalue weighted by molar-refractivity contribution is -0.141. The minimum absolute atomic E-state index is 0.135. The van der Waals surface area contributed by atoms with Gasteiger partial charge in [-0.05, 0) is 61.4 Å². The van der Waals surface area contributed by atoms with Crippen LogP contribution in [0.2, 0.25) is 0 Å². The second-order valence-corrected chi connectivity index (χ2v) is 10.4. The standard InChI is InChI=1S/C25H31F4N3O4S/c1-15-4-6-17(7-5-15)14-36-24-19(9-11-22(31-24)25(27,28)29)13-30-23(33)16(2)18-8-10-21(20(26)12-18)32(3)37(34)35/h8-12,15-17H,4-7,13-14H2,1-3H3,(H,30,33)(H,34,35)/p-1. The first-order valence-electron chi connectivity index (χ1n) is 12.0. The first kappa shape index (κ1) is 28.8. The Balaban J connectivity index is 1.70. The number of hydrogen-bond donors (Lipinski definition) is 1. The summed E-state index contributed by atoms with van der Waals surface area (Å²) in [6.07, 6.45) is -0.703. The Kier molecular flexibility index (Phi) is 9.51. The molecule has 1 aromatic carbocycles. The van der Waals surface area contributed by atoms with Gasteiger partial charge >= 0.3 is 6.18 Å². The molecule has 1 amide bonds. The van der Waals surface area contributed by atoms with Crippen molar-refractivity contribution >= 4 is 22.9 Å². The number of carbonyl (C=O) groups is 1. The third kappa shape index (κ3) is 7.64. The molecule has 2 unspecified atom stereocenters. The Hall–Kier alpha value is -2.73. The Morgan fingerprint density at radius 3 is 2.51 bits per heavy atom. The quantitative estimate of drug-likeness (QED) is 0.350. The van der Waals surface area contributed by atoms with Gasteiger partial charge in [-0.25, -0.2) is 9.37 Å². The molecular weight excluding hydrogens is 514 g/mol. The van der Waals surface area contributed by atoms with Crippen LogP contribution in [-0.2, 0) is 28.8 Å². The highest BCUT2D eigenvalue weighted by Gasteiger charge is 2.33. The van der Waals surface area contributed by atoms with Crippen LogP contribution in [0.3, 0.4) is 0 Å². The van der Waals surface area contributed by atoms with E-state index in [9.17, 15) is 31.1 Å². The number of aromatic nitrogens is 1. The summed E-state index contributed by atoms with van der Waals surface area (Å²) in [5, 5.41) is 2.64. The van der Waals surface area contributed by atoms with E-state index >= 15 is 0 Å². The minimum atomic E-state index is -4.64. The van der Waals surface area contributed by atoms with E-state index in [0.717, 1.165) is 42.1 Å². The third-order valence-corrected chi connectivity index (χ3v) is 7.35. The Morgan fingerprint density at radius 2 is 1.92 bits per heavy atom. The lowest BCUT2D eigenvalue weighted by atomic mass is 9.83. The van der Waals surface area contributed by atoms with Crippen LogP contribution in [-0.4, -0.2) is 33.3 Å². The molecule has 1 aliphatic carbocycles. The Morgan fingerprint density at radius 1 is 1.24 bits per heavy atom. The maximum absolute atomic E-state index is 14.4.